The molecule has 5 heteroatoms. The van der Waals surface area contributed by atoms with Gasteiger partial charge in [-0.2, -0.15) is 0 Å². The Balaban J connectivity index is 2.31. The maximum atomic E-state index is 11.9. The lowest BCUT2D eigenvalue weighted by molar-refractivity contribution is -0.143. The second kappa shape index (κ2) is 7.07. The van der Waals surface area contributed by atoms with Crippen LogP contribution in [0.25, 0.3) is 0 Å². The lowest BCUT2D eigenvalue weighted by atomic mass is 9.92. The summed E-state index contributed by atoms with van der Waals surface area (Å²) < 4.78 is 10.4. The number of ether oxygens (including phenoxy) is 2. The Morgan fingerprint density at radius 1 is 1.44 bits per heavy atom. The van der Waals surface area contributed by atoms with E-state index in [9.17, 15) is 9.90 Å². The van der Waals surface area contributed by atoms with Crippen molar-refractivity contribution in [2.45, 2.75) is 44.8 Å². The van der Waals surface area contributed by atoms with E-state index in [1.807, 2.05) is 13.8 Å². The quantitative estimate of drug-likeness (QED) is 0.766. The molecule has 1 N–H and O–H groups in total. The Bertz CT molecular complexity index is 262. The molecule has 1 rings (SSSR count). The molecule has 0 bridgehead atoms. The van der Waals surface area contributed by atoms with Gasteiger partial charge >= 0.3 is 0 Å². The first-order chi connectivity index (χ1) is 8.50. The molecule has 0 aromatic heterocycles. The minimum absolute atomic E-state index is 0.00904. The van der Waals surface area contributed by atoms with Gasteiger partial charge in [0.15, 0.2) is 0 Å². The number of aliphatic hydroxyl groups is 1. The predicted octanol–water partition coefficient (Wildman–Crippen LogP) is 0.801. The molecular formula is C13H25NO4. The van der Waals surface area contributed by atoms with Crippen molar-refractivity contribution in [2.75, 3.05) is 33.4 Å². The fourth-order valence-electron chi connectivity index (χ4n) is 2.01. The molecule has 1 aliphatic rings. The zero-order valence-corrected chi connectivity index (χ0v) is 11.6. The van der Waals surface area contributed by atoms with Gasteiger partial charge in [0.05, 0.1) is 18.3 Å². The minimum atomic E-state index is -0.775. The molecule has 0 aromatic rings. The van der Waals surface area contributed by atoms with E-state index >= 15 is 0 Å². The van der Waals surface area contributed by atoms with Crippen LogP contribution in [0.5, 0.6) is 0 Å². The Morgan fingerprint density at radius 3 is 2.56 bits per heavy atom. The molecule has 1 saturated heterocycles. The van der Waals surface area contributed by atoms with Crippen LogP contribution in [0.2, 0.25) is 0 Å². The summed E-state index contributed by atoms with van der Waals surface area (Å²) >= 11 is 0. The highest BCUT2D eigenvalue weighted by atomic mass is 16.5. The van der Waals surface area contributed by atoms with Crippen LogP contribution in [0.3, 0.4) is 0 Å². The normalized spacial score (nSPS) is 20.8. The molecule has 1 amide bonds. The Labute approximate surface area is 109 Å². The molecule has 1 aliphatic heterocycles. The van der Waals surface area contributed by atoms with E-state index in [1.165, 1.54) is 0 Å². The number of hydrogen-bond acceptors (Lipinski definition) is 4. The lowest BCUT2D eigenvalue weighted by Gasteiger charge is -2.37. The second-order valence-corrected chi connectivity index (χ2v) is 5.07. The predicted molar refractivity (Wildman–Crippen MR) is 68.3 cm³/mol. The number of hydrogen-bond donors (Lipinski definition) is 1. The summed E-state index contributed by atoms with van der Waals surface area (Å²) in [6.07, 6.45) is 2.15. The van der Waals surface area contributed by atoms with Crippen LogP contribution >= 0.6 is 0 Å². The van der Waals surface area contributed by atoms with Crippen molar-refractivity contribution >= 4 is 5.91 Å². The van der Waals surface area contributed by atoms with Gasteiger partial charge in [-0.05, 0) is 26.2 Å². The van der Waals surface area contributed by atoms with Crippen LogP contribution in [0, 0.1) is 0 Å². The average molecular weight is 259 g/mol. The van der Waals surface area contributed by atoms with Gasteiger partial charge in [-0.1, -0.05) is 6.92 Å². The Hall–Kier alpha value is -0.650. The average Bonchev–Trinajstić information content (AvgIpc) is 2.36. The van der Waals surface area contributed by atoms with Crippen molar-refractivity contribution < 1.29 is 19.4 Å². The van der Waals surface area contributed by atoms with Crippen molar-refractivity contribution in [3.63, 3.8) is 0 Å². The highest BCUT2D eigenvalue weighted by Gasteiger charge is 2.33. The number of nitrogens with zero attached hydrogens (tertiary/aromatic N) is 1. The van der Waals surface area contributed by atoms with Gasteiger partial charge in [-0.15, -0.1) is 0 Å². The van der Waals surface area contributed by atoms with Crippen molar-refractivity contribution in [1.29, 1.82) is 0 Å². The van der Waals surface area contributed by atoms with Crippen molar-refractivity contribution in [1.82, 2.24) is 4.90 Å². The zero-order chi connectivity index (χ0) is 13.6. The van der Waals surface area contributed by atoms with E-state index in [1.54, 1.807) is 12.0 Å². The molecule has 0 radical (unpaired) electrons. The summed E-state index contributed by atoms with van der Waals surface area (Å²) in [5.74, 6) is 0.00904. The van der Waals surface area contributed by atoms with Gasteiger partial charge in [-0.3, -0.25) is 4.79 Å². The molecule has 0 aromatic carbocycles. The van der Waals surface area contributed by atoms with Crippen molar-refractivity contribution in [2.24, 2.45) is 0 Å². The monoisotopic (exact) mass is 259 g/mol. The number of carbonyl (C=O) groups excluding carboxylic acids is 1. The molecule has 1 heterocycles. The molecule has 18 heavy (non-hydrogen) atoms. The van der Waals surface area contributed by atoms with Gasteiger partial charge in [-0.25, -0.2) is 0 Å². The van der Waals surface area contributed by atoms with E-state index in [0.717, 1.165) is 6.42 Å². The molecule has 1 atom stereocenters. The van der Waals surface area contributed by atoms with Crippen LogP contribution in [-0.2, 0) is 14.3 Å². The van der Waals surface area contributed by atoms with Gasteiger partial charge in [0, 0.05) is 20.2 Å². The van der Waals surface area contributed by atoms with Crippen molar-refractivity contribution in [3.8, 4) is 0 Å². The first-order valence-corrected chi connectivity index (χ1v) is 6.61. The Morgan fingerprint density at radius 2 is 2.06 bits per heavy atom. The number of methoxy groups -OCH3 is 1. The van der Waals surface area contributed by atoms with Crippen LogP contribution in [-0.4, -0.2) is 61.0 Å². The third kappa shape index (κ3) is 4.55. The lowest BCUT2D eigenvalue weighted by Crippen LogP contribution is -2.49. The summed E-state index contributed by atoms with van der Waals surface area (Å²) in [6.45, 7) is 5.60. The summed E-state index contributed by atoms with van der Waals surface area (Å²) in [5.41, 5.74) is -0.775. The molecule has 1 fully saturated rings. The van der Waals surface area contributed by atoms with E-state index in [4.69, 9.17) is 9.47 Å². The Kier molecular flexibility index (Phi) is 6.05. The first kappa shape index (κ1) is 15.4. The topological polar surface area (TPSA) is 59.0 Å². The number of likely N-dealkylation sites (tertiary alicyclic amines) is 1. The first-order valence-electron chi connectivity index (χ1n) is 6.61. The second-order valence-electron chi connectivity index (χ2n) is 5.07. The third-order valence-corrected chi connectivity index (χ3v) is 3.53. The summed E-state index contributed by atoms with van der Waals surface area (Å²) in [7, 11) is 1.58. The highest BCUT2D eigenvalue weighted by Crippen LogP contribution is 2.22. The number of carbonyl (C=O) groups is 1. The molecule has 5 nitrogen and oxygen atoms in total. The minimum Gasteiger partial charge on any atom is -0.387 e. The largest absolute Gasteiger partial charge is 0.387 e. The maximum absolute atomic E-state index is 11.9. The molecule has 0 saturated carbocycles. The van der Waals surface area contributed by atoms with Crippen LogP contribution in [0.15, 0.2) is 0 Å². The fourth-order valence-corrected chi connectivity index (χ4v) is 2.01. The summed E-state index contributed by atoms with van der Waals surface area (Å²) in [6, 6.07) is 0. The smallest absolute Gasteiger partial charge is 0.248 e. The van der Waals surface area contributed by atoms with Gasteiger partial charge in [0.1, 0.15) is 6.61 Å². The molecular weight excluding hydrogens is 234 g/mol. The fraction of sp³-hybridized carbons (Fsp3) is 0.923. The molecule has 0 unspecified atom stereocenters. The van der Waals surface area contributed by atoms with Gasteiger partial charge < -0.3 is 19.5 Å². The number of piperidine rings is 1. The highest BCUT2D eigenvalue weighted by molar-refractivity contribution is 5.77. The van der Waals surface area contributed by atoms with Crippen LogP contribution in [0.1, 0.15) is 33.1 Å². The standard InChI is InChI=1S/C13H25NO4/c1-4-11(2)18-9-12(15)14-7-5-13(16,6-8-14)10-17-3/h11,16H,4-10H2,1-3H3/t11-/m0/s1. The zero-order valence-electron chi connectivity index (χ0n) is 11.6. The van der Waals surface area contributed by atoms with Crippen molar-refractivity contribution in [3.05, 3.63) is 0 Å². The molecule has 106 valence electrons. The number of rotatable bonds is 6. The van der Waals surface area contributed by atoms with Gasteiger partial charge in [0.2, 0.25) is 5.91 Å². The van der Waals surface area contributed by atoms with E-state index in [-0.39, 0.29) is 18.6 Å². The molecule has 0 aliphatic carbocycles. The van der Waals surface area contributed by atoms with E-state index < -0.39 is 5.60 Å². The number of amides is 1. The molecule has 0 spiro atoms. The summed E-state index contributed by atoms with van der Waals surface area (Å²) in [5, 5.41) is 10.1. The van der Waals surface area contributed by atoms with E-state index in [2.05, 4.69) is 0 Å². The summed E-state index contributed by atoms with van der Waals surface area (Å²) in [4.78, 5) is 13.6. The third-order valence-electron chi connectivity index (χ3n) is 3.53. The maximum Gasteiger partial charge on any atom is 0.248 e. The van der Waals surface area contributed by atoms with E-state index in [0.29, 0.717) is 32.5 Å². The van der Waals surface area contributed by atoms with Crippen LogP contribution in [0.4, 0.5) is 0 Å². The van der Waals surface area contributed by atoms with Crippen LogP contribution < -0.4 is 0 Å². The van der Waals surface area contributed by atoms with Gasteiger partial charge in [0.25, 0.3) is 0 Å². The SMILES string of the molecule is CC[C@H](C)OCC(=O)N1CCC(O)(COC)CC1.